The third kappa shape index (κ3) is 3.00. The molecule has 0 saturated carbocycles. The number of aryl methyl sites for hydroxylation is 1. The van der Waals surface area contributed by atoms with Crippen LogP contribution < -0.4 is 10.5 Å². The summed E-state index contributed by atoms with van der Waals surface area (Å²) in [6.45, 7) is 1.63. The van der Waals surface area contributed by atoms with Crippen molar-refractivity contribution in [1.29, 1.82) is 0 Å². The molecule has 0 radical (unpaired) electrons. The Hall–Kier alpha value is -2.27. The Morgan fingerprint density at radius 3 is 2.70 bits per heavy atom. The van der Waals surface area contributed by atoms with Crippen LogP contribution in [0.15, 0.2) is 41.6 Å². The van der Waals surface area contributed by atoms with E-state index in [0.717, 1.165) is 0 Å². The summed E-state index contributed by atoms with van der Waals surface area (Å²) in [7, 11) is 0. The summed E-state index contributed by atoms with van der Waals surface area (Å²) in [6.07, 6.45) is 0. The molecule has 20 heavy (non-hydrogen) atoms. The fraction of sp³-hybridized carbons (Fsp3) is 0.0714. The summed E-state index contributed by atoms with van der Waals surface area (Å²) < 4.78 is 18.8. The highest BCUT2D eigenvalue weighted by Gasteiger charge is 2.11. The number of hydrogen-bond acceptors (Lipinski definition) is 3. The van der Waals surface area contributed by atoms with Gasteiger partial charge in [-0.1, -0.05) is 16.8 Å². The number of nitrogens with zero attached hydrogens (tertiary/aromatic N) is 1. The smallest absolute Gasteiger partial charge is 0.173 e. The van der Waals surface area contributed by atoms with E-state index in [1.165, 1.54) is 18.2 Å². The Balaban J connectivity index is 2.40. The molecule has 0 saturated heterocycles. The molecule has 2 rings (SSSR count). The number of ether oxygens (including phenoxy) is 1. The van der Waals surface area contributed by atoms with Crippen molar-refractivity contribution in [2.75, 3.05) is 0 Å². The fourth-order valence-electron chi connectivity index (χ4n) is 1.65. The van der Waals surface area contributed by atoms with Crippen LogP contribution in [0.4, 0.5) is 4.39 Å². The van der Waals surface area contributed by atoms with Gasteiger partial charge in [0.2, 0.25) is 0 Å². The van der Waals surface area contributed by atoms with Crippen molar-refractivity contribution in [1.82, 2.24) is 0 Å². The Morgan fingerprint density at radius 2 is 2.05 bits per heavy atom. The molecular weight excluding hydrogens is 283 g/mol. The van der Waals surface area contributed by atoms with Gasteiger partial charge >= 0.3 is 0 Å². The first-order chi connectivity index (χ1) is 9.51. The minimum Gasteiger partial charge on any atom is -0.457 e. The summed E-state index contributed by atoms with van der Waals surface area (Å²) in [5.74, 6) is 0.361. The van der Waals surface area contributed by atoms with Crippen molar-refractivity contribution in [3.05, 3.63) is 58.4 Å². The zero-order chi connectivity index (χ0) is 14.7. The lowest BCUT2D eigenvalue weighted by Crippen LogP contribution is -2.14. The average Bonchev–Trinajstić information content (AvgIpc) is 2.44. The quantitative estimate of drug-likeness (QED) is 0.393. The van der Waals surface area contributed by atoms with Crippen LogP contribution in [0, 0.1) is 12.7 Å². The third-order valence-electron chi connectivity index (χ3n) is 2.68. The number of hydrogen-bond donors (Lipinski definition) is 2. The molecule has 0 heterocycles. The van der Waals surface area contributed by atoms with Crippen LogP contribution in [-0.2, 0) is 0 Å². The van der Waals surface area contributed by atoms with Crippen LogP contribution in [-0.4, -0.2) is 11.0 Å². The van der Waals surface area contributed by atoms with Crippen molar-refractivity contribution >= 4 is 17.4 Å². The van der Waals surface area contributed by atoms with Gasteiger partial charge in [-0.15, -0.1) is 0 Å². The number of rotatable bonds is 3. The highest BCUT2D eigenvalue weighted by molar-refractivity contribution is 6.31. The molecule has 0 bridgehead atoms. The molecule has 0 aliphatic rings. The summed E-state index contributed by atoms with van der Waals surface area (Å²) in [5.41, 5.74) is 6.38. The lowest BCUT2D eigenvalue weighted by molar-refractivity contribution is 0.318. The van der Waals surface area contributed by atoms with Crippen molar-refractivity contribution in [2.45, 2.75) is 6.92 Å². The van der Waals surface area contributed by atoms with Gasteiger partial charge in [0.25, 0.3) is 0 Å². The predicted molar refractivity (Wildman–Crippen MR) is 75.2 cm³/mol. The van der Waals surface area contributed by atoms with Gasteiger partial charge < -0.3 is 15.7 Å². The van der Waals surface area contributed by atoms with Crippen LogP contribution in [0.1, 0.15) is 11.1 Å². The van der Waals surface area contributed by atoms with Crippen LogP contribution in [0.3, 0.4) is 0 Å². The molecule has 0 aliphatic heterocycles. The summed E-state index contributed by atoms with van der Waals surface area (Å²) in [4.78, 5) is 0. The maximum atomic E-state index is 13.2. The molecule has 2 aromatic carbocycles. The Kier molecular flexibility index (Phi) is 4.10. The SMILES string of the molecule is Cc1cc(Oc2ccc(Cl)cc2/C(N)=N/O)ccc1F. The maximum absolute atomic E-state index is 13.2. The maximum Gasteiger partial charge on any atom is 0.173 e. The van der Waals surface area contributed by atoms with Gasteiger partial charge in [0.05, 0.1) is 5.56 Å². The molecular formula is C14H12ClFN2O2. The standard InChI is InChI=1S/C14H12ClFN2O2/c1-8-6-10(3-4-12(8)16)20-13-5-2-9(15)7-11(13)14(17)18-19/h2-7,19H,1H3,(H2,17,18). The summed E-state index contributed by atoms with van der Waals surface area (Å²) >= 11 is 5.87. The van der Waals surface area contributed by atoms with Gasteiger partial charge in [-0.25, -0.2) is 4.39 Å². The zero-order valence-electron chi connectivity index (χ0n) is 10.6. The van der Waals surface area contributed by atoms with Crippen molar-refractivity contribution in [3.8, 4) is 11.5 Å². The van der Waals surface area contributed by atoms with E-state index in [4.69, 9.17) is 27.3 Å². The highest BCUT2D eigenvalue weighted by atomic mass is 35.5. The normalized spacial score (nSPS) is 11.4. The van der Waals surface area contributed by atoms with Crippen LogP contribution >= 0.6 is 11.6 Å². The first kappa shape index (κ1) is 14.1. The minimum absolute atomic E-state index is 0.124. The first-order valence-corrected chi connectivity index (χ1v) is 6.10. The predicted octanol–water partition coefficient (Wildman–Crippen LogP) is 3.67. The number of oxime groups is 1. The number of halogens is 2. The van der Waals surface area contributed by atoms with E-state index < -0.39 is 0 Å². The topological polar surface area (TPSA) is 67.8 Å². The second kappa shape index (κ2) is 5.79. The largest absolute Gasteiger partial charge is 0.457 e. The molecule has 104 valence electrons. The first-order valence-electron chi connectivity index (χ1n) is 5.72. The Labute approximate surface area is 120 Å². The third-order valence-corrected chi connectivity index (χ3v) is 2.92. The number of nitrogens with two attached hydrogens (primary N) is 1. The van der Waals surface area contributed by atoms with Crippen LogP contribution in [0.5, 0.6) is 11.5 Å². The van der Waals surface area contributed by atoms with E-state index in [1.54, 1.807) is 25.1 Å². The molecule has 0 aliphatic carbocycles. The van der Waals surface area contributed by atoms with E-state index in [1.807, 2.05) is 0 Å². The van der Waals surface area contributed by atoms with Gasteiger partial charge in [0.15, 0.2) is 5.84 Å². The van der Waals surface area contributed by atoms with Gasteiger partial charge in [0.1, 0.15) is 17.3 Å². The van der Waals surface area contributed by atoms with Gasteiger partial charge in [-0.05, 0) is 48.9 Å². The zero-order valence-corrected chi connectivity index (χ0v) is 11.4. The minimum atomic E-state index is -0.315. The molecule has 0 unspecified atom stereocenters. The van der Waals surface area contributed by atoms with Crippen molar-refractivity contribution in [3.63, 3.8) is 0 Å². The van der Waals surface area contributed by atoms with E-state index in [0.29, 0.717) is 27.6 Å². The van der Waals surface area contributed by atoms with Crippen LogP contribution in [0.2, 0.25) is 5.02 Å². The van der Waals surface area contributed by atoms with Gasteiger partial charge in [-0.2, -0.15) is 0 Å². The number of amidine groups is 1. The second-order valence-corrected chi connectivity index (χ2v) is 4.58. The average molecular weight is 295 g/mol. The Bertz CT molecular complexity index is 674. The lowest BCUT2D eigenvalue weighted by Gasteiger charge is -2.11. The molecule has 0 atom stereocenters. The Morgan fingerprint density at radius 1 is 1.30 bits per heavy atom. The van der Waals surface area contributed by atoms with Gasteiger partial charge in [0, 0.05) is 5.02 Å². The van der Waals surface area contributed by atoms with E-state index in [-0.39, 0.29) is 11.7 Å². The molecule has 0 amide bonds. The number of benzene rings is 2. The van der Waals surface area contributed by atoms with Crippen molar-refractivity contribution < 1.29 is 14.3 Å². The fourth-order valence-corrected chi connectivity index (χ4v) is 1.82. The molecule has 3 N–H and O–H groups in total. The lowest BCUT2D eigenvalue weighted by atomic mass is 10.2. The highest BCUT2D eigenvalue weighted by Crippen LogP contribution is 2.28. The summed E-state index contributed by atoms with van der Waals surface area (Å²) in [6, 6.07) is 9.08. The van der Waals surface area contributed by atoms with Gasteiger partial charge in [-0.3, -0.25) is 0 Å². The monoisotopic (exact) mass is 294 g/mol. The molecule has 0 fully saturated rings. The summed E-state index contributed by atoms with van der Waals surface area (Å²) in [5, 5.41) is 12.1. The van der Waals surface area contributed by atoms with Crippen LogP contribution in [0.25, 0.3) is 0 Å². The van der Waals surface area contributed by atoms with E-state index in [2.05, 4.69) is 5.16 Å². The van der Waals surface area contributed by atoms with E-state index in [9.17, 15) is 4.39 Å². The van der Waals surface area contributed by atoms with E-state index >= 15 is 0 Å². The molecule has 2 aromatic rings. The molecule has 0 aromatic heterocycles. The van der Waals surface area contributed by atoms with Crippen molar-refractivity contribution in [2.24, 2.45) is 10.9 Å². The second-order valence-electron chi connectivity index (χ2n) is 4.14. The molecule has 0 spiro atoms. The molecule has 4 nitrogen and oxygen atoms in total. The molecule has 6 heteroatoms.